The number of carbonyl (C=O) groups is 1. The summed E-state index contributed by atoms with van der Waals surface area (Å²) in [6.07, 6.45) is 1.58. The number of esters is 1. The van der Waals surface area contributed by atoms with Crippen molar-refractivity contribution in [3.63, 3.8) is 0 Å². The van der Waals surface area contributed by atoms with Crippen LogP contribution in [0, 0.1) is 0 Å². The first-order valence-electron chi connectivity index (χ1n) is 4.50. The first kappa shape index (κ1) is 11.1. The molecule has 0 aliphatic rings. The van der Waals surface area contributed by atoms with Crippen molar-refractivity contribution in [3.05, 3.63) is 36.4 Å². The summed E-state index contributed by atoms with van der Waals surface area (Å²) in [7, 11) is 0. The van der Waals surface area contributed by atoms with Gasteiger partial charge in [0.05, 0.1) is 12.3 Å². The summed E-state index contributed by atoms with van der Waals surface area (Å²) in [5, 5.41) is 9.31. The Morgan fingerprint density at radius 3 is 3.00 bits per heavy atom. The zero-order valence-corrected chi connectivity index (χ0v) is 8.27. The van der Waals surface area contributed by atoms with Gasteiger partial charge in [-0.3, -0.25) is 0 Å². The van der Waals surface area contributed by atoms with Gasteiger partial charge in [0.25, 0.3) is 0 Å². The normalized spacial score (nSPS) is 9.60. The second-order valence-electron chi connectivity index (χ2n) is 2.97. The van der Waals surface area contributed by atoms with Crippen LogP contribution in [0.2, 0.25) is 0 Å². The van der Waals surface area contributed by atoms with E-state index in [4.69, 9.17) is 10.5 Å². The molecular formula is C11H13NO3. The fourth-order valence-corrected chi connectivity index (χ4v) is 1.14. The fraction of sp³-hybridized carbons (Fsp3) is 0.182. The highest BCUT2D eigenvalue weighted by Gasteiger charge is 2.04. The Labute approximate surface area is 88.0 Å². The fourth-order valence-electron chi connectivity index (χ4n) is 1.14. The van der Waals surface area contributed by atoms with Gasteiger partial charge in [-0.1, -0.05) is 18.7 Å². The number of benzene rings is 1. The molecule has 3 N–H and O–H groups in total. The lowest BCUT2D eigenvalue weighted by atomic mass is 10.1. The van der Waals surface area contributed by atoms with Crippen LogP contribution in [0.4, 0.5) is 5.69 Å². The number of anilines is 1. The molecule has 0 unspecified atom stereocenters. The standard InChI is InChI=1S/C11H13NO3/c1-2-10(14)15-7-6-8-4-3-5-9(13)11(8)12/h2-5,13H,1,6-7,12H2. The average molecular weight is 207 g/mol. The summed E-state index contributed by atoms with van der Waals surface area (Å²) >= 11 is 0. The van der Waals surface area contributed by atoms with E-state index in [9.17, 15) is 9.90 Å². The van der Waals surface area contributed by atoms with Crippen LogP contribution in [0.3, 0.4) is 0 Å². The number of carbonyl (C=O) groups excluding carboxylic acids is 1. The second-order valence-corrected chi connectivity index (χ2v) is 2.97. The molecule has 0 amide bonds. The zero-order chi connectivity index (χ0) is 11.3. The van der Waals surface area contributed by atoms with Crippen molar-refractivity contribution in [2.45, 2.75) is 6.42 Å². The summed E-state index contributed by atoms with van der Waals surface area (Å²) in [6.45, 7) is 3.50. The molecule has 0 saturated heterocycles. The number of rotatable bonds is 4. The number of aromatic hydroxyl groups is 1. The van der Waals surface area contributed by atoms with E-state index in [1.165, 1.54) is 6.07 Å². The van der Waals surface area contributed by atoms with E-state index in [1.807, 2.05) is 0 Å². The van der Waals surface area contributed by atoms with Crippen molar-refractivity contribution < 1.29 is 14.6 Å². The highest BCUT2D eigenvalue weighted by Crippen LogP contribution is 2.23. The summed E-state index contributed by atoms with van der Waals surface area (Å²) < 4.78 is 4.80. The van der Waals surface area contributed by atoms with Crippen molar-refractivity contribution in [1.29, 1.82) is 0 Å². The first-order valence-corrected chi connectivity index (χ1v) is 4.50. The Kier molecular flexibility index (Phi) is 3.74. The molecule has 0 saturated carbocycles. The molecule has 0 fully saturated rings. The predicted octanol–water partition coefficient (Wildman–Crippen LogP) is 1.25. The lowest BCUT2D eigenvalue weighted by Gasteiger charge is -2.06. The Balaban J connectivity index is 2.54. The average Bonchev–Trinajstić information content (AvgIpc) is 2.24. The topological polar surface area (TPSA) is 72.5 Å². The lowest BCUT2D eigenvalue weighted by molar-refractivity contribution is -0.137. The summed E-state index contributed by atoms with van der Waals surface area (Å²) in [4.78, 5) is 10.7. The third-order valence-electron chi connectivity index (χ3n) is 1.96. The van der Waals surface area contributed by atoms with Gasteiger partial charge in [-0.15, -0.1) is 0 Å². The van der Waals surface area contributed by atoms with Gasteiger partial charge in [0.2, 0.25) is 0 Å². The molecule has 0 radical (unpaired) electrons. The van der Waals surface area contributed by atoms with Gasteiger partial charge >= 0.3 is 5.97 Å². The van der Waals surface area contributed by atoms with Crippen LogP contribution in [0.5, 0.6) is 5.75 Å². The maximum absolute atomic E-state index is 10.7. The second kappa shape index (κ2) is 5.05. The number of phenols is 1. The third kappa shape index (κ3) is 3.02. The molecule has 0 spiro atoms. The van der Waals surface area contributed by atoms with Crippen LogP contribution in [-0.4, -0.2) is 17.7 Å². The molecule has 1 aromatic rings. The Morgan fingerprint density at radius 1 is 1.60 bits per heavy atom. The van der Waals surface area contributed by atoms with Crippen LogP contribution >= 0.6 is 0 Å². The minimum Gasteiger partial charge on any atom is -0.506 e. The Morgan fingerprint density at radius 2 is 2.33 bits per heavy atom. The smallest absolute Gasteiger partial charge is 0.330 e. The van der Waals surface area contributed by atoms with Crippen molar-refractivity contribution in [3.8, 4) is 5.75 Å². The van der Waals surface area contributed by atoms with Crippen LogP contribution in [0.25, 0.3) is 0 Å². The quantitative estimate of drug-likeness (QED) is 0.337. The highest BCUT2D eigenvalue weighted by molar-refractivity contribution is 5.81. The van der Waals surface area contributed by atoms with E-state index in [2.05, 4.69) is 6.58 Å². The van der Waals surface area contributed by atoms with Crippen molar-refractivity contribution >= 4 is 11.7 Å². The van der Waals surface area contributed by atoms with Crippen molar-refractivity contribution in [2.24, 2.45) is 0 Å². The molecule has 80 valence electrons. The predicted molar refractivity (Wildman–Crippen MR) is 57.4 cm³/mol. The first-order chi connectivity index (χ1) is 7.15. The molecule has 0 heterocycles. The van der Waals surface area contributed by atoms with Crippen LogP contribution in [0.1, 0.15) is 5.56 Å². The lowest BCUT2D eigenvalue weighted by Crippen LogP contribution is -2.05. The molecule has 0 atom stereocenters. The summed E-state index contributed by atoms with van der Waals surface area (Å²) in [5.41, 5.74) is 6.70. The molecule has 0 bridgehead atoms. The van der Waals surface area contributed by atoms with Crippen LogP contribution in [0.15, 0.2) is 30.9 Å². The number of para-hydroxylation sites is 1. The van der Waals surface area contributed by atoms with Gasteiger partial charge in [0.15, 0.2) is 0 Å². The number of nitrogens with two attached hydrogens (primary N) is 1. The maximum atomic E-state index is 10.7. The minimum absolute atomic E-state index is 0.0440. The zero-order valence-electron chi connectivity index (χ0n) is 8.27. The van der Waals surface area contributed by atoms with Gasteiger partial charge in [0, 0.05) is 12.5 Å². The SMILES string of the molecule is C=CC(=O)OCCc1cccc(O)c1N. The number of hydrogen-bond acceptors (Lipinski definition) is 4. The van der Waals surface area contributed by atoms with E-state index in [-0.39, 0.29) is 12.4 Å². The molecule has 0 aliphatic carbocycles. The number of hydrogen-bond donors (Lipinski definition) is 2. The number of nitrogen functional groups attached to an aromatic ring is 1. The molecule has 1 rings (SSSR count). The summed E-state index contributed by atoms with van der Waals surface area (Å²) in [6, 6.07) is 4.97. The molecule has 4 heteroatoms. The van der Waals surface area contributed by atoms with Gasteiger partial charge in [-0.2, -0.15) is 0 Å². The Bertz CT molecular complexity index is 374. The van der Waals surface area contributed by atoms with Crippen molar-refractivity contribution in [2.75, 3.05) is 12.3 Å². The third-order valence-corrected chi connectivity index (χ3v) is 1.96. The number of phenolic OH excluding ortho intramolecular Hbond substituents is 1. The van der Waals surface area contributed by atoms with Gasteiger partial charge in [-0.05, 0) is 11.6 Å². The molecular weight excluding hydrogens is 194 g/mol. The van der Waals surface area contributed by atoms with E-state index in [0.717, 1.165) is 11.6 Å². The van der Waals surface area contributed by atoms with E-state index < -0.39 is 5.97 Å². The van der Waals surface area contributed by atoms with Gasteiger partial charge in [-0.25, -0.2) is 4.79 Å². The molecule has 4 nitrogen and oxygen atoms in total. The van der Waals surface area contributed by atoms with E-state index >= 15 is 0 Å². The molecule has 0 aliphatic heterocycles. The van der Waals surface area contributed by atoms with Gasteiger partial charge < -0.3 is 15.6 Å². The van der Waals surface area contributed by atoms with Crippen LogP contribution < -0.4 is 5.73 Å². The van der Waals surface area contributed by atoms with Gasteiger partial charge in [0.1, 0.15) is 5.75 Å². The van der Waals surface area contributed by atoms with E-state index in [0.29, 0.717) is 12.1 Å². The Hall–Kier alpha value is -1.97. The maximum Gasteiger partial charge on any atom is 0.330 e. The molecule has 1 aromatic carbocycles. The monoisotopic (exact) mass is 207 g/mol. The van der Waals surface area contributed by atoms with E-state index in [1.54, 1.807) is 12.1 Å². The summed E-state index contributed by atoms with van der Waals surface area (Å²) in [5.74, 6) is -0.420. The minimum atomic E-state index is -0.464. The number of ether oxygens (including phenoxy) is 1. The largest absolute Gasteiger partial charge is 0.506 e. The highest BCUT2D eigenvalue weighted by atomic mass is 16.5. The van der Waals surface area contributed by atoms with Crippen molar-refractivity contribution in [1.82, 2.24) is 0 Å². The molecule has 15 heavy (non-hydrogen) atoms. The van der Waals surface area contributed by atoms with Crippen LogP contribution in [-0.2, 0) is 16.0 Å². The molecule has 0 aromatic heterocycles.